The standard InChI is InChI=1S/C23H18F3NO3/c1-17(16-28-19-11-6-3-7-12-19)22(27-18-9-4-2-5-10-18)29-20-13-8-14-21(15-20)30-23(24,25)26/h2-16H,1H3. The van der Waals surface area contributed by atoms with Crippen molar-refractivity contribution in [3.05, 3.63) is 96.8 Å². The molecule has 0 spiro atoms. The fourth-order valence-electron chi connectivity index (χ4n) is 2.36. The molecule has 4 nitrogen and oxygen atoms in total. The number of hydrogen-bond acceptors (Lipinski definition) is 4. The van der Waals surface area contributed by atoms with Gasteiger partial charge in [-0.3, -0.25) is 0 Å². The van der Waals surface area contributed by atoms with Gasteiger partial charge in [-0.2, -0.15) is 0 Å². The van der Waals surface area contributed by atoms with E-state index in [1.54, 1.807) is 31.2 Å². The predicted octanol–water partition coefficient (Wildman–Crippen LogP) is 6.68. The van der Waals surface area contributed by atoms with Gasteiger partial charge in [0.2, 0.25) is 5.90 Å². The molecule has 0 fully saturated rings. The Balaban J connectivity index is 1.87. The maximum atomic E-state index is 12.5. The van der Waals surface area contributed by atoms with E-state index in [9.17, 15) is 13.2 Å². The summed E-state index contributed by atoms with van der Waals surface area (Å²) in [4.78, 5) is 4.45. The lowest BCUT2D eigenvalue weighted by molar-refractivity contribution is -0.274. The molecule has 0 N–H and O–H groups in total. The summed E-state index contributed by atoms with van der Waals surface area (Å²) in [6.45, 7) is 1.72. The van der Waals surface area contributed by atoms with Crippen molar-refractivity contribution in [2.75, 3.05) is 0 Å². The number of halogens is 3. The molecule has 3 aromatic rings. The number of rotatable bonds is 6. The molecule has 0 unspecified atom stereocenters. The number of ether oxygens (including phenoxy) is 3. The quantitative estimate of drug-likeness (QED) is 0.257. The summed E-state index contributed by atoms with van der Waals surface area (Å²) in [5.41, 5.74) is 1.15. The molecule has 3 rings (SSSR count). The first-order valence-corrected chi connectivity index (χ1v) is 8.95. The van der Waals surface area contributed by atoms with Crippen LogP contribution < -0.4 is 14.2 Å². The van der Waals surface area contributed by atoms with Gasteiger partial charge in [0.25, 0.3) is 0 Å². The van der Waals surface area contributed by atoms with E-state index in [4.69, 9.17) is 9.47 Å². The van der Waals surface area contributed by atoms with Gasteiger partial charge in [-0.05, 0) is 43.3 Å². The van der Waals surface area contributed by atoms with Crippen LogP contribution in [0.1, 0.15) is 6.92 Å². The molecule has 0 amide bonds. The van der Waals surface area contributed by atoms with Gasteiger partial charge in [-0.25, -0.2) is 4.99 Å². The second-order valence-electron chi connectivity index (χ2n) is 6.11. The zero-order valence-electron chi connectivity index (χ0n) is 16.0. The topological polar surface area (TPSA) is 40.0 Å². The molecule has 30 heavy (non-hydrogen) atoms. The van der Waals surface area contributed by atoms with Gasteiger partial charge in [-0.1, -0.05) is 42.5 Å². The first-order chi connectivity index (χ1) is 14.4. The molecule has 0 bridgehead atoms. The zero-order chi connectivity index (χ0) is 21.4. The molecular weight excluding hydrogens is 395 g/mol. The Hall–Kier alpha value is -3.74. The van der Waals surface area contributed by atoms with Crippen molar-refractivity contribution in [1.29, 1.82) is 0 Å². The third-order valence-electron chi connectivity index (χ3n) is 3.69. The third kappa shape index (κ3) is 6.70. The largest absolute Gasteiger partial charge is 0.573 e. The van der Waals surface area contributed by atoms with Crippen molar-refractivity contribution < 1.29 is 27.4 Å². The first-order valence-electron chi connectivity index (χ1n) is 8.95. The molecule has 0 saturated heterocycles. The summed E-state index contributed by atoms with van der Waals surface area (Å²) in [6, 6.07) is 23.4. The van der Waals surface area contributed by atoms with Crippen molar-refractivity contribution in [3.8, 4) is 17.2 Å². The van der Waals surface area contributed by atoms with E-state index in [0.717, 1.165) is 6.07 Å². The number of aliphatic imine (C=N–C) groups is 1. The van der Waals surface area contributed by atoms with Gasteiger partial charge < -0.3 is 14.2 Å². The summed E-state index contributed by atoms with van der Waals surface area (Å²) < 4.78 is 52.8. The van der Waals surface area contributed by atoms with E-state index in [0.29, 0.717) is 17.0 Å². The Kier molecular flexibility index (Phi) is 6.75. The molecule has 0 aliphatic heterocycles. The van der Waals surface area contributed by atoms with E-state index < -0.39 is 6.36 Å². The van der Waals surface area contributed by atoms with Gasteiger partial charge in [0.15, 0.2) is 0 Å². The minimum atomic E-state index is -4.79. The highest BCUT2D eigenvalue weighted by Crippen LogP contribution is 2.27. The Labute approximate surface area is 171 Å². The molecule has 7 heteroatoms. The minimum Gasteiger partial charge on any atom is -0.465 e. The molecule has 0 atom stereocenters. The monoisotopic (exact) mass is 413 g/mol. The van der Waals surface area contributed by atoms with Crippen LogP contribution in [-0.2, 0) is 0 Å². The summed E-state index contributed by atoms with van der Waals surface area (Å²) in [5, 5.41) is 0. The molecule has 3 aromatic carbocycles. The van der Waals surface area contributed by atoms with Gasteiger partial charge in [0.1, 0.15) is 17.2 Å². The van der Waals surface area contributed by atoms with Crippen LogP contribution in [0.4, 0.5) is 18.9 Å². The summed E-state index contributed by atoms with van der Waals surface area (Å²) >= 11 is 0. The summed E-state index contributed by atoms with van der Waals surface area (Å²) in [7, 11) is 0. The molecule has 0 radical (unpaired) electrons. The second kappa shape index (κ2) is 9.65. The van der Waals surface area contributed by atoms with Crippen molar-refractivity contribution in [1.82, 2.24) is 0 Å². The van der Waals surface area contributed by atoms with Crippen LogP contribution in [0.3, 0.4) is 0 Å². The second-order valence-corrected chi connectivity index (χ2v) is 6.11. The number of alkyl halides is 3. The number of benzene rings is 3. The molecular formula is C23H18F3NO3. The van der Waals surface area contributed by atoms with Crippen LogP contribution in [-0.4, -0.2) is 12.3 Å². The fraction of sp³-hybridized carbons (Fsp3) is 0.0870. The Morgan fingerprint density at radius 3 is 2.07 bits per heavy atom. The zero-order valence-corrected chi connectivity index (χ0v) is 16.0. The lowest BCUT2D eigenvalue weighted by atomic mass is 10.3. The summed E-state index contributed by atoms with van der Waals surface area (Å²) in [5.74, 6) is 0.540. The van der Waals surface area contributed by atoms with Crippen LogP contribution in [0.25, 0.3) is 0 Å². The Bertz CT molecular complexity index is 1020. The number of nitrogens with zero attached hydrogens (tertiary/aromatic N) is 1. The highest BCUT2D eigenvalue weighted by Gasteiger charge is 2.31. The SMILES string of the molecule is CC(=COc1ccccc1)C(=Nc1ccccc1)Oc1cccc(OC(F)(F)F)c1. The Morgan fingerprint density at radius 2 is 1.40 bits per heavy atom. The van der Waals surface area contributed by atoms with Crippen molar-refractivity contribution in [2.24, 2.45) is 4.99 Å². The lowest BCUT2D eigenvalue weighted by Gasteiger charge is -2.12. The molecule has 0 heterocycles. The number of hydrogen-bond donors (Lipinski definition) is 0. The molecule has 154 valence electrons. The van der Waals surface area contributed by atoms with Crippen LogP contribution >= 0.6 is 0 Å². The predicted molar refractivity (Wildman–Crippen MR) is 108 cm³/mol. The maximum absolute atomic E-state index is 12.5. The smallest absolute Gasteiger partial charge is 0.465 e. The highest BCUT2D eigenvalue weighted by atomic mass is 19.4. The molecule has 0 saturated carbocycles. The van der Waals surface area contributed by atoms with Crippen molar-refractivity contribution >= 4 is 11.6 Å². The Morgan fingerprint density at radius 1 is 0.800 bits per heavy atom. The van der Waals surface area contributed by atoms with Crippen LogP contribution in [0.5, 0.6) is 17.2 Å². The molecule has 0 aliphatic carbocycles. The lowest BCUT2D eigenvalue weighted by Crippen LogP contribution is -2.17. The van der Waals surface area contributed by atoms with E-state index >= 15 is 0 Å². The minimum absolute atomic E-state index is 0.138. The molecule has 0 aliphatic rings. The van der Waals surface area contributed by atoms with Crippen LogP contribution in [0, 0.1) is 0 Å². The van der Waals surface area contributed by atoms with E-state index in [2.05, 4.69) is 9.73 Å². The molecule has 0 aromatic heterocycles. The van der Waals surface area contributed by atoms with E-state index in [1.807, 2.05) is 36.4 Å². The average molecular weight is 413 g/mol. The maximum Gasteiger partial charge on any atom is 0.573 e. The van der Waals surface area contributed by atoms with Crippen LogP contribution in [0.2, 0.25) is 0 Å². The fourth-order valence-corrected chi connectivity index (χ4v) is 2.36. The average Bonchev–Trinajstić information content (AvgIpc) is 2.72. The van der Waals surface area contributed by atoms with E-state index in [-0.39, 0.29) is 17.4 Å². The van der Waals surface area contributed by atoms with E-state index in [1.165, 1.54) is 24.5 Å². The third-order valence-corrected chi connectivity index (χ3v) is 3.69. The first kappa shape index (κ1) is 21.0. The van der Waals surface area contributed by atoms with Gasteiger partial charge in [0, 0.05) is 11.6 Å². The van der Waals surface area contributed by atoms with Crippen molar-refractivity contribution in [3.63, 3.8) is 0 Å². The highest BCUT2D eigenvalue weighted by molar-refractivity contribution is 5.96. The van der Waals surface area contributed by atoms with Crippen molar-refractivity contribution in [2.45, 2.75) is 13.3 Å². The van der Waals surface area contributed by atoms with Crippen LogP contribution in [0.15, 0.2) is 102 Å². The van der Waals surface area contributed by atoms with Gasteiger partial charge in [0.05, 0.1) is 11.9 Å². The summed E-state index contributed by atoms with van der Waals surface area (Å²) in [6.07, 6.45) is -3.33. The van der Waals surface area contributed by atoms with Gasteiger partial charge >= 0.3 is 6.36 Å². The number of para-hydroxylation sites is 2. The van der Waals surface area contributed by atoms with Gasteiger partial charge in [-0.15, -0.1) is 13.2 Å². The normalized spacial score (nSPS) is 12.4.